The van der Waals surface area contributed by atoms with Crippen LogP contribution in [0.25, 0.3) is 22.3 Å². The normalized spacial score (nSPS) is 18.6. The van der Waals surface area contributed by atoms with Crippen molar-refractivity contribution < 1.29 is 19.1 Å². The Hall–Kier alpha value is -5.27. The second-order valence-corrected chi connectivity index (χ2v) is 16.4. The number of thioether (sulfide) groups is 1. The monoisotopic (exact) mass is 786 g/mol. The number of likely N-dealkylation sites (tertiary alicyclic amines) is 1. The zero-order valence-electron chi connectivity index (χ0n) is 32.3. The molecule has 0 bridgehead atoms. The Morgan fingerprint density at radius 1 is 0.842 bits per heavy atom. The first-order chi connectivity index (χ1) is 27.9. The van der Waals surface area contributed by atoms with Crippen molar-refractivity contribution in [1.29, 1.82) is 0 Å². The van der Waals surface area contributed by atoms with Gasteiger partial charge in [0.05, 0.1) is 11.4 Å². The molecule has 3 aliphatic rings. The summed E-state index contributed by atoms with van der Waals surface area (Å²) in [6.07, 6.45) is 12.8. The summed E-state index contributed by atoms with van der Waals surface area (Å²) in [7, 11) is 0. The molecule has 2 fully saturated rings. The van der Waals surface area contributed by atoms with Crippen molar-refractivity contribution in [2.45, 2.75) is 94.2 Å². The first-order valence-electron chi connectivity index (χ1n) is 20.4. The third-order valence-electron chi connectivity index (χ3n) is 11.4. The topological polar surface area (TPSA) is 149 Å². The van der Waals surface area contributed by atoms with E-state index in [1.165, 1.54) is 44.9 Å². The number of rotatable bonds is 16. The molecule has 2 aromatic heterocycles. The van der Waals surface area contributed by atoms with Crippen LogP contribution in [0, 0.1) is 0 Å². The van der Waals surface area contributed by atoms with Gasteiger partial charge < -0.3 is 20.3 Å². The van der Waals surface area contributed by atoms with E-state index >= 15 is 0 Å². The molecule has 3 aromatic carbocycles. The number of unbranched alkanes of at least 4 members (excludes halogenated alkanes) is 6. The molecule has 0 aliphatic carbocycles. The van der Waals surface area contributed by atoms with Gasteiger partial charge in [-0.2, -0.15) is 5.10 Å². The molecular weight excluding hydrogens is 737 g/mol. The number of fused-ring (bicyclic) bond motifs is 2. The van der Waals surface area contributed by atoms with E-state index in [0.717, 1.165) is 88.9 Å². The SMILES string of the molecule is Nc1ncnc2c1c(-c1ccc(Oc3ccccc3)cc1)nn2C1CCCN(CCCCCCCCCSc2cccc3c2CN(C2CCC(=O)NC2=O)C3=O)C1. The number of hydrogen-bond acceptors (Lipinski definition) is 10. The molecule has 3 aliphatic heterocycles. The Balaban J connectivity index is 0.761. The molecule has 12 nitrogen and oxygen atoms in total. The summed E-state index contributed by atoms with van der Waals surface area (Å²) in [6.45, 7) is 3.56. The minimum Gasteiger partial charge on any atom is -0.457 e. The number of nitrogens with zero attached hydrogens (tertiary/aromatic N) is 6. The van der Waals surface area contributed by atoms with E-state index in [1.807, 2.05) is 66.7 Å². The number of anilines is 1. The first-order valence-corrected chi connectivity index (χ1v) is 21.4. The third-order valence-corrected chi connectivity index (χ3v) is 12.6. The summed E-state index contributed by atoms with van der Waals surface area (Å²) >= 11 is 1.80. The minimum absolute atomic E-state index is 0.114. The van der Waals surface area contributed by atoms with Gasteiger partial charge in [0.15, 0.2) is 5.65 Å². The molecule has 3 N–H and O–H groups in total. The van der Waals surface area contributed by atoms with E-state index in [4.69, 9.17) is 15.6 Å². The predicted molar refractivity (Wildman–Crippen MR) is 222 cm³/mol. The maximum atomic E-state index is 13.1. The molecule has 8 rings (SSSR count). The quantitative estimate of drug-likeness (QED) is 0.0577. The fraction of sp³-hybridized carbons (Fsp3) is 0.409. The van der Waals surface area contributed by atoms with Crippen molar-refractivity contribution in [2.75, 3.05) is 31.1 Å². The summed E-state index contributed by atoms with van der Waals surface area (Å²) in [6, 6.07) is 23.2. The smallest absolute Gasteiger partial charge is 0.255 e. The molecule has 0 spiro atoms. The number of carbonyl (C=O) groups excluding carboxylic acids is 3. The van der Waals surface area contributed by atoms with Crippen molar-refractivity contribution in [3.05, 3.63) is 90.3 Å². The number of nitrogens with one attached hydrogen (secondary N) is 1. The highest BCUT2D eigenvalue weighted by atomic mass is 32.2. The molecular formula is C44H50N8O4S. The molecule has 5 heterocycles. The Bertz CT molecular complexity index is 2210. The van der Waals surface area contributed by atoms with E-state index in [0.29, 0.717) is 24.3 Å². The summed E-state index contributed by atoms with van der Waals surface area (Å²) in [5.74, 6) is 2.24. The summed E-state index contributed by atoms with van der Waals surface area (Å²) in [5, 5.41) is 8.31. The fourth-order valence-electron chi connectivity index (χ4n) is 8.39. The van der Waals surface area contributed by atoms with Gasteiger partial charge in [-0.05, 0) is 105 Å². The average Bonchev–Trinajstić information content (AvgIpc) is 3.79. The number of carbonyl (C=O) groups is 3. The fourth-order valence-corrected chi connectivity index (χ4v) is 9.48. The van der Waals surface area contributed by atoms with Crippen molar-refractivity contribution in [3.8, 4) is 22.8 Å². The number of amides is 3. The molecule has 5 aromatic rings. The summed E-state index contributed by atoms with van der Waals surface area (Å²) in [5.41, 5.74) is 10.7. The van der Waals surface area contributed by atoms with Gasteiger partial charge in [0.25, 0.3) is 5.91 Å². The Labute approximate surface area is 337 Å². The average molecular weight is 787 g/mol. The Kier molecular flexibility index (Phi) is 12.1. The number of aromatic nitrogens is 4. The van der Waals surface area contributed by atoms with E-state index < -0.39 is 6.04 Å². The lowest BCUT2D eigenvalue weighted by Crippen LogP contribution is -2.52. The van der Waals surface area contributed by atoms with Gasteiger partial charge in [-0.3, -0.25) is 19.7 Å². The van der Waals surface area contributed by atoms with Crippen LogP contribution in [-0.4, -0.2) is 78.7 Å². The van der Waals surface area contributed by atoms with Gasteiger partial charge >= 0.3 is 0 Å². The highest BCUT2D eigenvalue weighted by Gasteiger charge is 2.39. The number of nitrogens with two attached hydrogens (primary N) is 1. The lowest BCUT2D eigenvalue weighted by atomic mass is 10.0. The van der Waals surface area contributed by atoms with E-state index in [9.17, 15) is 14.4 Å². The molecule has 3 amide bonds. The molecule has 2 saturated heterocycles. The van der Waals surface area contributed by atoms with Crippen molar-refractivity contribution in [2.24, 2.45) is 0 Å². The molecule has 2 atom stereocenters. The Morgan fingerprint density at radius 3 is 2.42 bits per heavy atom. The largest absolute Gasteiger partial charge is 0.457 e. The summed E-state index contributed by atoms with van der Waals surface area (Å²) in [4.78, 5) is 51.5. The van der Waals surface area contributed by atoms with E-state index in [1.54, 1.807) is 16.7 Å². The number of para-hydroxylation sites is 1. The highest BCUT2D eigenvalue weighted by Crippen LogP contribution is 2.36. The van der Waals surface area contributed by atoms with Crippen LogP contribution in [0.5, 0.6) is 11.5 Å². The first kappa shape index (κ1) is 38.6. The maximum Gasteiger partial charge on any atom is 0.255 e. The summed E-state index contributed by atoms with van der Waals surface area (Å²) < 4.78 is 8.10. The molecule has 2 unspecified atom stereocenters. The number of benzene rings is 3. The van der Waals surface area contributed by atoms with Crippen LogP contribution in [0.2, 0.25) is 0 Å². The number of nitrogen functional groups attached to an aromatic ring is 1. The maximum absolute atomic E-state index is 13.1. The number of piperidine rings is 2. The second-order valence-electron chi connectivity index (χ2n) is 15.3. The molecule has 0 radical (unpaired) electrons. The lowest BCUT2D eigenvalue weighted by Gasteiger charge is -2.33. The van der Waals surface area contributed by atoms with Crippen LogP contribution in [-0.2, 0) is 16.1 Å². The van der Waals surface area contributed by atoms with Gasteiger partial charge in [0, 0.05) is 35.5 Å². The van der Waals surface area contributed by atoms with Crippen molar-refractivity contribution in [3.63, 3.8) is 0 Å². The van der Waals surface area contributed by atoms with Crippen LogP contribution < -0.4 is 15.8 Å². The number of hydrogen-bond donors (Lipinski definition) is 2. The second kappa shape index (κ2) is 17.9. The predicted octanol–water partition coefficient (Wildman–Crippen LogP) is 7.79. The third kappa shape index (κ3) is 8.84. The molecule has 13 heteroatoms. The van der Waals surface area contributed by atoms with Gasteiger partial charge in [-0.1, -0.05) is 56.4 Å². The van der Waals surface area contributed by atoms with Gasteiger partial charge in [-0.15, -0.1) is 11.8 Å². The number of ether oxygens (including phenoxy) is 1. The minimum atomic E-state index is -0.582. The van der Waals surface area contributed by atoms with Crippen LogP contribution in [0.15, 0.2) is 84.0 Å². The standard InChI is InChI=1S/C44H50N8O4S/c45-41-39-40(30-18-20-33(21-19-30)56-32-14-7-6-8-15-32)49-52(42(39)47-29-46-41)31-13-12-25-50(27-31)24-9-4-2-1-3-5-10-26-57-37-17-11-16-34-35(37)28-51(44(34)55)36-22-23-38(53)48-43(36)54/h6-8,11,14-21,29,31,36H,1-5,9-10,12-13,22-28H2,(H2,45,46,47)(H,48,53,54). The zero-order chi connectivity index (χ0) is 39.1. The van der Waals surface area contributed by atoms with Gasteiger partial charge in [0.2, 0.25) is 11.8 Å². The van der Waals surface area contributed by atoms with E-state index in [2.05, 4.69) is 30.9 Å². The van der Waals surface area contributed by atoms with E-state index in [-0.39, 0.29) is 30.2 Å². The lowest BCUT2D eigenvalue weighted by molar-refractivity contribution is -0.136. The van der Waals surface area contributed by atoms with Crippen molar-refractivity contribution in [1.82, 2.24) is 34.9 Å². The van der Waals surface area contributed by atoms with Crippen LogP contribution in [0.4, 0.5) is 5.82 Å². The number of imide groups is 1. The van der Waals surface area contributed by atoms with Crippen LogP contribution >= 0.6 is 11.8 Å². The molecule has 57 heavy (non-hydrogen) atoms. The van der Waals surface area contributed by atoms with Gasteiger partial charge in [0.1, 0.15) is 35.4 Å². The zero-order valence-corrected chi connectivity index (χ0v) is 33.1. The highest BCUT2D eigenvalue weighted by molar-refractivity contribution is 7.99. The van der Waals surface area contributed by atoms with Crippen molar-refractivity contribution >= 4 is 46.3 Å². The van der Waals surface area contributed by atoms with Gasteiger partial charge in [-0.25, -0.2) is 14.6 Å². The Morgan fingerprint density at radius 2 is 1.61 bits per heavy atom. The van der Waals surface area contributed by atoms with Crippen LogP contribution in [0.1, 0.15) is 92.6 Å². The molecule has 296 valence electrons. The molecule has 0 saturated carbocycles. The van der Waals surface area contributed by atoms with Crippen LogP contribution in [0.3, 0.4) is 0 Å².